The highest BCUT2D eigenvalue weighted by molar-refractivity contribution is 5.77. The van der Waals surface area contributed by atoms with E-state index in [1.54, 1.807) is 0 Å². The second-order valence-corrected chi connectivity index (χ2v) is 6.72. The van der Waals surface area contributed by atoms with Crippen LogP contribution in [0.4, 0.5) is 0 Å². The summed E-state index contributed by atoms with van der Waals surface area (Å²) in [6.45, 7) is 6.62. The van der Waals surface area contributed by atoms with E-state index in [4.69, 9.17) is 9.47 Å². The molecule has 1 aliphatic rings. The van der Waals surface area contributed by atoms with Crippen molar-refractivity contribution in [1.29, 1.82) is 0 Å². The molecule has 0 radical (unpaired) electrons. The molecule has 2 aromatic rings. The largest absolute Gasteiger partial charge is 0.484 e. The van der Waals surface area contributed by atoms with Crippen LogP contribution in [-0.2, 0) is 16.1 Å². The molecule has 2 heterocycles. The molecule has 0 saturated carbocycles. The molecule has 1 aliphatic heterocycles. The molecule has 144 valence electrons. The van der Waals surface area contributed by atoms with Gasteiger partial charge < -0.3 is 14.4 Å². The zero-order valence-corrected chi connectivity index (χ0v) is 16.1. The van der Waals surface area contributed by atoms with Gasteiger partial charge in [0.1, 0.15) is 11.6 Å². The van der Waals surface area contributed by atoms with Gasteiger partial charge in [-0.3, -0.25) is 4.79 Å². The van der Waals surface area contributed by atoms with Crippen molar-refractivity contribution in [3.8, 4) is 5.75 Å². The molecule has 0 bridgehead atoms. The summed E-state index contributed by atoms with van der Waals surface area (Å²) in [6, 6.07) is 9.44. The van der Waals surface area contributed by atoms with Gasteiger partial charge in [-0.15, -0.1) is 0 Å². The maximum atomic E-state index is 12.4. The first kappa shape index (κ1) is 19.3. The van der Waals surface area contributed by atoms with Crippen LogP contribution in [-0.4, -0.2) is 47.1 Å². The molecule has 0 atom stereocenters. The summed E-state index contributed by atoms with van der Waals surface area (Å²) < 4.78 is 11.1. The average molecular weight is 369 g/mol. The molecular formula is C21H27N3O3. The van der Waals surface area contributed by atoms with Crippen molar-refractivity contribution in [3.63, 3.8) is 0 Å². The second-order valence-electron chi connectivity index (χ2n) is 6.72. The number of hydrogen-bond acceptors (Lipinski definition) is 5. The molecule has 1 saturated heterocycles. The van der Waals surface area contributed by atoms with E-state index in [1.807, 2.05) is 55.3 Å². The van der Waals surface area contributed by atoms with E-state index in [0.29, 0.717) is 19.1 Å². The summed E-state index contributed by atoms with van der Waals surface area (Å²) in [5.41, 5.74) is 2.13. The molecule has 0 aliphatic carbocycles. The van der Waals surface area contributed by atoms with Gasteiger partial charge in [0.2, 0.25) is 0 Å². The van der Waals surface area contributed by atoms with Gasteiger partial charge >= 0.3 is 0 Å². The minimum atomic E-state index is 0.0331. The molecule has 6 nitrogen and oxygen atoms in total. The lowest BCUT2D eigenvalue weighted by Gasteiger charge is -2.32. The number of para-hydroxylation sites is 1. The summed E-state index contributed by atoms with van der Waals surface area (Å²) in [4.78, 5) is 23.3. The van der Waals surface area contributed by atoms with E-state index in [-0.39, 0.29) is 12.5 Å². The number of benzene rings is 1. The lowest BCUT2D eigenvalue weighted by atomic mass is 9.91. The molecule has 3 rings (SSSR count). The van der Waals surface area contributed by atoms with Crippen molar-refractivity contribution in [3.05, 3.63) is 53.6 Å². The summed E-state index contributed by atoms with van der Waals surface area (Å²) in [5, 5.41) is 0. The molecule has 27 heavy (non-hydrogen) atoms. The Hall–Kier alpha value is -2.47. The Kier molecular flexibility index (Phi) is 6.76. The van der Waals surface area contributed by atoms with Crippen molar-refractivity contribution in [1.82, 2.24) is 14.9 Å². The highest BCUT2D eigenvalue weighted by Gasteiger charge is 2.26. The van der Waals surface area contributed by atoms with Gasteiger partial charge in [-0.1, -0.05) is 18.2 Å². The van der Waals surface area contributed by atoms with Gasteiger partial charge in [-0.05, 0) is 38.8 Å². The van der Waals surface area contributed by atoms with E-state index in [9.17, 15) is 4.79 Å². The third-order valence-corrected chi connectivity index (χ3v) is 4.82. The van der Waals surface area contributed by atoms with E-state index in [2.05, 4.69) is 9.97 Å². The maximum absolute atomic E-state index is 12.4. The Morgan fingerprint density at radius 2 is 1.96 bits per heavy atom. The van der Waals surface area contributed by atoms with Crippen LogP contribution in [0.3, 0.4) is 0 Å². The van der Waals surface area contributed by atoms with Gasteiger partial charge in [0.15, 0.2) is 6.61 Å². The molecule has 0 unspecified atom stereocenters. The molecule has 1 aromatic heterocycles. The number of rotatable bonds is 7. The van der Waals surface area contributed by atoms with Crippen LogP contribution in [0, 0.1) is 6.92 Å². The van der Waals surface area contributed by atoms with Gasteiger partial charge in [0.05, 0.1) is 12.3 Å². The van der Waals surface area contributed by atoms with Crippen LogP contribution < -0.4 is 4.74 Å². The Morgan fingerprint density at radius 3 is 2.67 bits per heavy atom. The summed E-state index contributed by atoms with van der Waals surface area (Å²) >= 11 is 0. The summed E-state index contributed by atoms with van der Waals surface area (Å²) in [6.07, 6.45) is 3.66. The highest BCUT2D eigenvalue weighted by atomic mass is 16.5. The number of carbonyl (C=O) groups is 1. The third kappa shape index (κ3) is 5.26. The van der Waals surface area contributed by atoms with E-state index in [1.165, 1.54) is 0 Å². The quantitative estimate of drug-likeness (QED) is 0.750. The van der Waals surface area contributed by atoms with Crippen LogP contribution in [0.15, 0.2) is 36.5 Å². The number of carbonyl (C=O) groups excluding carboxylic acids is 1. The van der Waals surface area contributed by atoms with Crippen molar-refractivity contribution < 1.29 is 14.3 Å². The minimum absolute atomic E-state index is 0.0331. The number of amides is 1. The van der Waals surface area contributed by atoms with Gasteiger partial charge in [-0.2, -0.15) is 0 Å². The van der Waals surface area contributed by atoms with Crippen molar-refractivity contribution in [2.24, 2.45) is 0 Å². The first-order valence-corrected chi connectivity index (χ1v) is 9.53. The van der Waals surface area contributed by atoms with Gasteiger partial charge in [0, 0.05) is 37.4 Å². The van der Waals surface area contributed by atoms with E-state index in [0.717, 1.165) is 48.8 Å². The minimum Gasteiger partial charge on any atom is -0.484 e. The zero-order chi connectivity index (χ0) is 19.1. The number of hydrogen-bond donors (Lipinski definition) is 0. The number of ether oxygens (including phenoxy) is 2. The molecule has 0 N–H and O–H groups in total. The number of nitrogens with zero attached hydrogens (tertiary/aromatic N) is 3. The second kappa shape index (κ2) is 9.46. The van der Waals surface area contributed by atoms with Crippen LogP contribution in [0.25, 0.3) is 0 Å². The van der Waals surface area contributed by atoms with Crippen molar-refractivity contribution in [2.45, 2.75) is 39.2 Å². The molecule has 6 heteroatoms. The zero-order valence-electron chi connectivity index (χ0n) is 16.1. The fourth-order valence-corrected chi connectivity index (χ4v) is 3.34. The predicted octanol–water partition coefficient (Wildman–Crippen LogP) is 3.11. The number of likely N-dealkylation sites (tertiary alicyclic amines) is 1. The molecule has 1 amide bonds. The topological polar surface area (TPSA) is 64.6 Å². The molecule has 1 fully saturated rings. The van der Waals surface area contributed by atoms with E-state index >= 15 is 0 Å². The summed E-state index contributed by atoms with van der Waals surface area (Å²) in [5.74, 6) is 1.87. The maximum Gasteiger partial charge on any atom is 0.260 e. The Labute approximate surface area is 160 Å². The normalized spacial score (nSPS) is 15.0. The van der Waals surface area contributed by atoms with Crippen LogP contribution in [0.2, 0.25) is 0 Å². The fraction of sp³-hybridized carbons (Fsp3) is 0.476. The Bertz CT molecular complexity index is 744. The first-order chi connectivity index (χ1) is 13.2. The lowest BCUT2D eigenvalue weighted by Crippen LogP contribution is -2.40. The van der Waals surface area contributed by atoms with Crippen molar-refractivity contribution >= 4 is 5.91 Å². The van der Waals surface area contributed by atoms with Crippen LogP contribution >= 0.6 is 0 Å². The van der Waals surface area contributed by atoms with Gasteiger partial charge in [0.25, 0.3) is 5.91 Å². The molecule has 0 spiro atoms. The Balaban J connectivity index is 1.55. The van der Waals surface area contributed by atoms with Crippen LogP contribution in [0.5, 0.6) is 5.75 Å². The molecular weight excluding hydrogens is 342 g/mol. The smallest absolute Gasteiger partial charge is 0.260 e. The number of aryl methyl sites for hydroxylation is 1. The fourth-order valence-electron chi connectivity index (χ4n) is 3.34. The Morgan fingerprint density at radius 1 is 1.22 bits per heavy atom. The number of piperidine rings is 1. The summed E-state index contributed by atoms with van der Waals surface area (Å²) in [7, 11) is 0. The monoisotopic (exact) mass is 369 g/mol. The number of aromatic nitrogens is 2. The third-order valence-electron chi connectivity index (χ3n) is 4.82. The SMILES string of the molecule is CCOCc1cnc(C)nc1C1CCN(C(=O)COc2ccccc2)CC1. The van der Waals surface area contributed by atoms with Crippen molar-refractivity contribution in [2.75, 3.05) is 26.3 Å². The first-order valence-electron chi connectivity index (χ1n) is 9.53. The average Bonchev–Trinajstić information content (AvgIpc) is 2.72. The van der Waals surface area contributed by atoms with E-state index < -0.39 is 0 Å². The molecule has 1 aromatic carbocycles. The standard InChI is InChI=1S/C21H27N3O3/c1-3-26-14-18-13-22-16(2)23-21(18)17-9-11-24(12-10-17)20(25)15-27-19-7-5-4-6-8-19/h4-8,13,17H,3,9-12,14-15H2,1-2H3. The van der Waals surface area contributed by atoms with Gasteiger partial charge in [-0.25, -0.2) is 9.97 Å². The lowest BCUT2D eigenvalue weighted by molar-refractivity contribution is -0.134. The predicted molar refractivity (Wildman–Crippen MR) is 103 cm³/mol. The highest BCUT2D eigenvalue weighted by Crippen LogP contribution is 2.29. The van der Waals surface area contributed by atoms with Crippen LogP contribution in [0.1, 0.15) is 42.8 Å².